The second kappa shape index (κ2) is 7.24. The molecule has 0 spiro atoms. The van der Waals surface area contributed by atoms with E-state index in [2.05, 4.69) is 31.0 Å². The zero-order valence-electron chi connectivity index (χ0n) is 13.7. The van der Waals surface area contributed by atoms with Crippen molar-refractivity contribution in [1.29, 1.82) is 0 Å². The predicted octanol–water partition coefficient (Wildman–Crippen LogP) is 2.78. The molecule has 0 bridgehead atoms. The summed E-state index contributed by atoms with van der Waals surface area (Å²) in [5.74, 6) is 0.680. The van der Waals surface area contributed by atoms with Gasteiger partial charge in [0.15, 0.2) is 0 Å². The molecular formula is C17H34N2O. The molecule has 1 aliphatic heterocycles. The Bertz CT molecular complexity index is 289. The summed E-state index contributed by atoms with van der Waals surface area (Å²) in [6.45, 7) is 9.24. The number of nitrogens with zero attached hydrogens (tertiary/aromatic N) is 1. The van der Waals surface area contributed by atoms with Gasteiger partial charge in [-0.25, -0.2) is 0 Å². The number of nitrogens with one attached hydrogen (secondary N) is 1. The molecule has 1 saturated heterocycles. The highest BCUT2D eigenvalue weighted by atomic mass is 16.3. The van der Waals surface area contributed by atoms with Crippen LogP contribution in [0.1, 0.15) is 65.7 Å². The van der Waals surface area contributed by atoms with Crippen LogP contribution in [0.5, 0.6) is 0 Å². The number of aliphatic hydroxyl groups is 1. The first-order valence-electron chi connectivity index (χ1n) is 8.74. The molecular weight excluding hydrogens is 248 g/mol. The lowest BCUT2D eigenvalue weighted by Gasteiger charge is -2.44. The van der Waals surface area contributed by atoms with Crippen molar-refractivity contribution in [3.8, 4) is 0 Å². The Morgan fingerprint density at radius 1 is 1.25 bits per heavy atom. The molecule has 1 aliphatic carbocycles. The zero-order valence-corrected chi connectivity index (χ0v) is 13.7. The highest BCUT2D eigenvalue weighted by molar-refractivity contribution is 5.04. The number of likely N-dealkylation sites (tertiary alicyclic amines) is 1. The molecule has 0 radical (unpaired) electrons. The molecule has 1 saturated carbocycles. The monoisotopic (exact) mass is 282 g/mol. The van der Waals surface area contributed by atoms with Gasteiger partial charge in [0, 0.05) is 18.6 Å². The first kappa shape index (κ1) is 16.3. The molecule has 3 heteroatoms. The first-order valence-corrected chi connectivity index (χ1v) is 8.74. The highest BCUT2D eigenvalue weighted by Crippen LogP contribution is 2.41. The van der Waals surface area contributed by atoms with E-state index >= 15 is 0 Å². The van der Waals surface area contributed by atoms with Crippen LogP contribution in [0.2, 0.25) is 0 Å². The minimum absolute atomic E-state index is 0.0580. The van der Waals surface area contributed by atoms with Gasteiger partial charge in [0.2, 0.25) is 0 Å². The minimum Gasteiger partial charge on any atom is -0.394 e. The van der Waals surface area contributed by atoms with Gasteiger partial charge in [-0.1, -0.05) is 33.6 Å². The topological polar surface area (TPSA) is 35.5 Å². The van der Waals surface area contributed by atoms with Gasteiger partial charge in [-0.15, -0.1) is 0 Å². The molecule has 0 aromatic rings. The third-order valence-electron chi connectivity index (χ3n) is 5.07. The van der Waals surface area contributed by atoms with Gasteiger partial charge in [0.25, 0.3) is 0 Å². The third-order valence-corrected chi connectivity index (χ3v) is 5.07. The van der Waals surface area contributed by atoms with Crippen molar-refractivity contribution >= 4 is 0 Å². The molecule has 0 aromatic heterocycles. The van der Waals surface area contributed by atoms with Gasteiger partial charge < -0.3 is 10.4 Å². The van der Waals surface area contributed by atoms with E-state index in [1.807, 2.05) is 0 Å². The predicted molar refractivity (Wildman–Crippen MR) is 84.9 cm³/mol. The zero-order chi connectivity index (χ0) is 14.6. The van der Waals surface area contributed by atoms with Crippen LogP contribution in [-0.4, -0.2) is 47.3 Å². The number of hydrogen-bond donors (Lipinski definition) is 2. The van der Waals surface area contributed by atoms with Gasteiger partial charge in [0.05, 0.1) is 12.1 Å². The summed E-state index contributed by atoms with van der Waals surface area (Å²) in [5, 5.41) is 13.8. The maximum atomic E-state index is 10.1. The summed E-state index contributed by atoms with van der Waals surface area (Å²) < 4.78 is 0. The van der Waals surface area contributed by atoms with Gasteiger partial charge >= 0.3 is 0 Å². The summed E-state index contributed by atoms with van der Waals surface area (Å²) in [5.41, 5.74) is -0.0580. The largest absolute Gasteiger partial charge is 0.394 e. The summed E-state index contributed by atoms with van der Waals surface area (Å²) in [6, 6.07) is 1.18. The Morgan fingerprint density at radius 2 is 2.00 bits per heavy atom. The molecule has 0 aromatic carbocycles. The fraction of sp³-hybridized carbons (Fsp3) is 1.00. The van der Waals surface area contributed by atoms with E-state index < -0.39 is 0 Å². The normalized spacial score (nSPS) is 27.8. The molecule has 2 aliphatic rings. The van der Waals surface area contributed by atoms with E-state index in [1.165, 1.54) is 51.5 Å². The molecule has 2 atom stereocenters. The van der Waals surface area contributed by atoms with Crippen LogP contribution in [0.4, 0.5) is 0 Å². The minimum atomic E-state index is -0.0580. The van der Waals surface area contributed by atoms with Crippen LogP contribution >= 0.6 is 0 Å². The van der Waals surface area contributed by atoms with Gasteiger partial charge in [-0.2, -0.15) is 0 Å². The number of piperidine rings is 1. The fourth-order valence-electron chi connectivity index (χ4n) is 4.02. The van der Waals surface area contributed by atoms with Gasteiger partial charge in [0.1, 0.15) is 0 Å². The maximum absolute atomic E-state index is 10.1. The molecule has 2 unspecified atom stereocenters. The summed E-state index contributed by atoms with van der Waals surface area (Å²) >= 11 is 0. The number of aliphatic hydroxyl groups excluding tert-OH is 1. The molecule has 2 rings (SSSR count). The summed E-state index contributed by atoms with van der Waals surface area (Å²) in [7, 11) is 0. The van der Waals surface area contributed by atoms with Crippen molar-refractivity contribution in [2.45, 2.75) is 83.3 Å². The Morgan fingerprint density at radius 3 is 2.55 bits per heavy atom. The van der Waals surface area contributed by atoms with Crippen LogP contribution in [0, 0.1) is 5.92 Å². The van der Waals surface area contributed by atoms with E-state index in [-0.39, 0.29) is 12.1 Å². The van der Waals surface area contributed by atoms with E-state index in [4.69, 9.17) is 0 Å². The lowest BCUT2D eigenvalue weighted by molar-refractivity contribution is 0.0462. The first-order chi connectivity index (χ1) is 9.61. The van der Waals surface area contributed by atoms with E-state index in [0.29, 0.717) is 12.0 Å². The van der Waals surface area contributed by atoms with Crippen LogP contribution in [0.3, 0.4) is 0 Å². The van der Waals surface area contributed by atoms with Crippen molar-refractivity contribution in [3.63, 3.8) is 0 Å². The SMILES string of the molecule is CCCC1CCCCN1CC(CO)(NC(C)C)C1CC1. The van der Waals surface area contributed by atoms with E-state index in [1.54, 1.807) is 0 Å². The standard InChI is InChI=1S/C17H34N2O/c1-4-7-16-8-5-6-11-19(16)12-17(13-20,15-9-10-15)18-14(2)3/h14-16,18,20H,4-13H2,1-3H3. The van der Waals surface area contributed by atoms with Gasteiger partial charge in [-0.3, -0.25) is 4.90 Å². The lowest BCUT2D eigenvalue weighted by Crippen LogP contribution is -2.61. The number of rotatable bonds is 8. The smallest absolute Gasteiger partial charge is 0.0628 e. The summed E-state index contributed by atoms with van der Waals surface area (Å²) in [4.78, 5) is 2.68. The van der Waals surface area contributed by atoms with Crippen molar-refractivity contribution in [2.24, 2.45) is 5.92 Å². The molecule has 1 heterocycles. The fourth-order valence-corrected chi connectivity index (χ4v) is 4.02. The van der Waals surface area contributed by atoms with Crippen LogP contribution in [-0.2, 0) is 0 Å². The van der Waals surface area contributed by atoms with E-state index in [9.17, 15) is 5.11 Å². The van der Waals surface area contributed by atoms with Crippen LogP contribution < -0.4 is 5.32 Å². The second-order valence-electron chi connectivity index (χ2n) is 7.30. The highest BCUT2D eigenvalue weighted by Gasteiger charge is 2.46. The van der Waals surface area contributed by atoms with Crippen molar-refractivity contribution in [2.75, 3.05) is 19.7 Å². The van der Waals surface area contributed by atoms with Crippen LogP contribution in [0.15, 0.2) is 0 Å². The summed E-state index contributed by atoms with van der Waals surface area (Å²) in [6.07, 6.45) is 9.21. The van der Waals surface area contributed by atoms with Crippen molar-refractivity contribution < 1.29 is 5.11 Å². The van der Waals surface area contributed by atoms with Gasteiger partial charge in [-0.05, 0) is 44.6 Å². The average Bonchev–Trinajstić information content (AvgIpc) is 3.24. The van der Waals surface area contributed by atoms with Crippen LogP contribution in [0.25, 0.3) is 0 Å². The van der Waals surface area contributed by atoms with Crippen molar-refractivity contribution in [3.05, 3.63) is 0 Å². The second-order valence-corrected chi connectivity index (χ2v) is 7.30. The van der Waals surface area contributed by atoms with Crippen molar-refractivity contribution in [1.82, 2.24) is 10.2 Å². The molecule has 2 N–H and O–H groups in total. The molecule has 20 heavy (non-hydrogen) atoms. The Balaban J connectivity index is 2.04. The molecule has 118 valence electrons. The molecule has 2 fully saturated rings. The number of hydrogen-bond acceptors (Lipinski definition) is 3. The maximum Gasteiger partial charge on any atom is 0.0628 e. The Labute approximate surface area is 125 Å². The Kier molecular flexibility index (Phi) is 5.88. The van der Waals surface area contributed by atoms with E-state index in [0.717, 1.165) is 12.6 Å². The third kappa shape index (κ3) is 3.96. The molecule has 0 amide bonds. The lowest BCUT2D eigenvalue weighted by atomic mass is 9.89. The molecule has 3 nitrogen and oxygen atoms in total. The average molecular weight is 282 g/mol. The Hall–Kier alpha value is -0.120. The quantitative estimate of drug-likeness (QED) is 0.718.